The molecule has 0 amide bonds. The number of benzene rings is 1. The van der Waals surface area contributed by atoms with Gasteiger partial charge in [0.1, 0.15) is 11.9 Å². The van der Waals surface area contributed by atoms with Gasteiger partial charge in [0, 0.05) is 29.5 Å². The second-order valence-corrected chi connectivity index (χ2v) is 7.65. The molecule has 1 aliphatic rings. The van der Waals surface area contributed by atoms with Crippen molar-refractivity contribution >= 4 is 11.8 Å². The van der Waals surface area contributed by atoms with E-state index in [0.29, 0.717) is 12.1 Å². The molecular formula is C22H27FN2O3. The van der Waals surface area contributed by atoms with Crippen LogP contribution in [0.15, 0.2) is 30.3 Å². The lowest BCUT2D eigenvalue weighted by molar-refractivity contribution is -0.142. The zero-order chi connectivity index (χ0) is 20.4. The van der Waals surface area contributed by atoms with Gasteiger partial charge in [-0.2, -0.15) is 0 Å². The van der Waals surface area contributed by atoms with Crippen LogP contribution in [0, 0.1) is 19.7 Å². The van der Waals surface area contributed by atoms with E-state index in [1.807, 2.05) is 19.9 Å². The van der Waals surface area contributed by atoms with Gasteiger partial charge in [-0.3, -0.25) is 14.5 Å². The topological polar surface area (TPSA) is 62.5 Å². The van der Waals surface area contributed by atoms with Crippen molar-refractivity contribution in [2.24, 2.45) is 0 Å². The zero-order valence-corrected chi connectivity index (χ0v) is 16.6. The maximum absolute atomic E-state index is 13.1. The summed E-state index contributed by atoms with van der Waals surface area (Å²) >= 11 is 0. The maximum Gasteiger partial charge on any atom is 0.320 e. The fourth-order valence-corrected chi connectivity index (χ4v) is 3.70. The number of aryl methyl sites for hydroxylation is 2. The van der Waals surface area contributed by atoms with Gasteiger partial charge < -0.3 is 9.67 Å². The molecule has 5 nitrogen and oxygen atoms in total. The van der Waals surface area contributed by atoms with Crippen molar-refractivity contribution in [1.82, 2.24) is 9.47 Å². The van der Waals surface area contributed by atoms with Crippen molar-refractivity contribution in [2.75, 3.05) is 6.54 Å². The van der Waals surface area contributed by atoms with Crippen molar-refractivity contribution in [3.05, 3.63) is 58.7 Å². The van der Waals surface area contributed by atoms with Gasteiger partial charge in [-0.15, -0.1) is 0 Å². The fraction of sp³-hybridized carbons (Fsp3) is 0.455. The molecule has 1 N–H and O–H groups in total. The number of aromatic nitrogens is 1. The van der Waals surface area contributed by atoms with Crippen LogP contribution < -0.4 is 0 Å². The van der Waals surface area contributed by atoms with Crippen LogP contribution in [0.3, 0.4) is 0 Å². The highest BCUT2D eigenvalue weighted by Gasteiger charge is 2.36. The van der Waals surface area contributed by atoms with Crippen LogP contribution in [0.2, 0.25) is 0 Å². The number of aliphatic carboxylic acids is 1. The third-order valence-electron chi connectivity index (χ3n) is 5.61. The predicted molar refractivity (Wildman–Crippen MR) is 105 cm³/mol. The van der Waals surface area contributed by atoms with Crippen LogP contribution in [0.4, 0.5) is 4.39 Å². The first-order chi connectivity index (χ1) is 13.3. The summed E-state index contributed by atoms with van der Waals surface area (Å²) in [6.45, 7) is 6.36. The molecule has 28 heavy (non-hydrogen) atoms. The number of ketones is 1. The van der Waals surface area contributed by atoms with Gasteiger partial charge in [0.05, 0.1) is 6.54 Å². The zero-order valence-electron chi connectivity index (χ0n) is 16.6. The average molecular weight is 386 g/mol. The quantitative estimate of drug-likeness (QED) is 0.669. The largest absolute Gasteiger partial charge is 0.480 e. The highest BCUT2D eigenvalue weighted by atomic mass is 19.1. The summed E-state index contributed by atoms with van der Waals surface area (Å²) in [6, 6.07) is 7.87. The third kappa shape index (κ3) is 4.50. The Morgan fingerprint density at radius 3 is 2.46 bits per heavy atom. The Hall–Kier alpha value is -2.47. The number of hydrogen-bond donors (Lipinski definition) is 1. The molecule has 0 spiro atoms. The second kappa shape index (κ2) is 8.27. The molecule has 150 valence electrons. The van der Waals surface area contributed by atoms with E-state index < -0.39 is 12.0 Å². The van der Waals surface area contributed by atoms with E-state index in [-0.39, 0.29) is 24.2 Å². The molecule has 0 radical (unpaired) electrons. The predicted octanol–water partition coefficient (Wildman–Crippen LogP) is 3.61. The van der Waals surface area contributed by atoms with Crippen LogP contribution in [0.5, 0.6) is 0 Å². The van der Waals surface area contributed by atoms with Crippen molar-refractivity contribution in [3.8, 4) is 0 Å². The molecule has 0 bridgehead atoms. The SMILES string of the molecule is Cc1cc(C(=O)CN(C2CC2)C(C)C(=O)O)c(C)n1CCc1ccc(F)cc1. The molecule has 1 aromatic carbocycles. The second-order valence-electron chi connectivity index (χ2n) is 7.65. The van der Waals surface area contributed by atoms with Crippen LogP contribution in [0.1, 0.15) is 47.1 Å². The molecule has 1 unspecified atom stereocenters. The van der Waals surface area contributed by atoms with E-state index in [4.69, 9.17) is 0 Å². The van der Waals surface area contributed by atoms with E-state index in [1.165, 1.54) is 12.1 Å². The van der Waals surface area contributed by atoms with Gasteiger partial charge in [0.25, 0.3) is 0 Å². The summed E-state index contributed by atoms with van der Waals surface area (Å²) < 4.78 is 15.2. The number of carboxylic acids is 1. The number of Topliss-reactive ketones (excluding diaryl/α,β-unsaturated/α-hetero) is 1. The number of halogens is 1. The van der Waals surface area contributed by atoms with Crippen molar-refractivity contribution < 1.29 is 19.1 Å². The first-order valence-corrected chi connectivity index (χ1v) is 9.71. The van der Waals surface area contributed by atoms with Crippen molar-refractivity contribution in [1.29, 1.82) is 0 Å². The molecule has 1 saturated carbocycles. The standard InChI is InChI=1S/C22H27FN2O3/c1-14-12-20(21(26)13-25(19-8-9-19)16(3)22(27)28)15(2)24(14)11-10-17-4-6-18(23)7-5-17/h4-7,12,16,19H,8-11,13H2,1-3H3,(H,27,28). The van der Waals surface area contributed by atoms with Crippen LogP contribution in [0.25, 0.3) is 0 Å². The molecule has 2 aromatic rings. The average Bonchev–Trinajstić information content (AvgIpc) is 3.45. The lowest BCUT2D eigenvalue weighted by Gasteiger charge is -2.25. The van der Waals surface area contributed by atoms with Gasteiger partial charge >= 0.3 is 5.97 Å². The van der Waals surface area contributed by atoms with Gasteiger partial charge in [-0.25, -0.2) is 4.39 Å². The molecule has 1 heterocycles. The lowest BCUT2D eigenvalue weighted by atomic mass is 10.1. The fourth-order valence-electron chi connectivity index (χ4n) is 3.70. The number of hydrogen-bond acceptors (Lipinski definition) is 3. The van der Waals surface area contributed by atoms with Gasteiger partial charge in [-0.05, 0) is 63.8 Å². The Morgan fingerprint density at radius 1 is 1.25 bits per heavy atom. The number of carbonyl (C=O) groups is 2. The lowest BCUT2D eigenvalue weighted by Crippen LogP contribution is -2.43. The van der Waals surface area contributed by atoms with Crippen LogP contribution >= 0.6 is 0 Å². The minimum absolute atomic E-state index is 0.0406. The minimum Gasteiger partial charge on any atom is -0.480 e. The Kier molecular flexibility index (Phi) is 5.98. The molecule has 1 atom stereocenters. The molecule has 1 aromatic heterocycles. The molecular weight excluding hydrogens is 359 g/mol. The van der Waals surface area contributed by atoms with E-state index in [9.17, 15) is 19.1 Å². The van der Waals surface area contributed by atoms with Crippen molar-refractivity contribution in [2.45, 2.75) is 58.7 Å². The van der Waals surface area contributed by atoms with E-state index >= 15 is 0 Å². The van der Waals surface area contributed by atoms with Gasteiger partial charge in [-0.1, -0.05) is 12.1 Å². The van der Waals surface area contributed by atoms with E-state index in [0.717, 1.165) is 36.2 Å². The molecule has 3 rings (SSSR count). The highest BCUT2D eigenvalue weighted by Crippen LogP contribution is 2.29. The summed E-state index contributed by atoms with van der Waals surface area (Å²) in [6.07, 6.45) is 2.64. The van der Waals surface area contributed by atoms with E-state index in [1.54, 1.807) is 24.0 Å². The Labute approximate surface area is 164 Å². The number of rotatable bonds is 9. The Bertz CT molecular complexity index is 869. The first-order valence-electron chi connectivity index (χ1n) is 9.71. The third-order valence-corrected chi connectivity index (χ3v) is 5.61. The number of carboxylic acid groups (broad SMARTS) is 1. The summed E-state index contributed by atoms with van der Waals surface area (Å²) in [5, 5.41) is 9.33. The molecule has 0 aliphatic heterocycles. The number of carbonyl (C=O) groups excluding carboxylic acids is 1. The van der Waals surface area contributed by atoms with Crippen molar-refractivity contribution in [3.63, 3.8) is 0 Å². The van der Waals surface area contributed by atoms with Gasteiger partial charge in [0.15, 0.2) is 5.78 Å². The molecule has 1 fully saturated rings. The number of nitrogens with zero attached hydrogens (tertiary/aromatic N) is 2. The monoisotopic (exact) mass is 386 g/mol. The maximum atomic E-state index is 13.1. The Balaban J connectivity index is 1.72. The van der Waals surface area contributed by atoms with Crippen LogP contribution in [-0.2, 0) is 17.8 Å². The molecule has 0 saturated heterocycles. The normalized spacial score (nSPS) is 15.0. The Morgan fingerprint density at radius 2 is 1.89 bits per heavy atom. The minimum atomic E-state index is -0.899. The smallest absolute Gasteiger partial charge is 0.320 e. The van der Waals surface area contributed by atoms with Crippen LogP contribution in [-0.4, -0.2) is 45.0 Å². The van der Waals surface area contributed by atoms with Gasteiger partial charge in [0.2, 0.25) is 0 Å². The van der Waals surface area contributed by atoms with E-state index in [2.05, 4.69) is 4.57 Å². The molecule has 1 aliphatic carbocycles. The summed E-state index contributed by atoms with van der Waals surface area (Å²) in [4.78, 5) is 26.1. The molecule has 6 heteroatoms. The first kappa shape index (κ1) is 20.3. The summed E-state index contributed by atoms with van der Waals surface area (Å²) in [5.41, 5.74) is 3.58. The summed E-state index contributed by atoms with van der Waals surface area (Å²) in [5.74, 6) is -1.19. The summed E-state index contributed by atoms with van der Waals surface area (Å²) in [7, 11) is 0. The highest BCUT2D eigenvalue weighted by molar-refractivity contribution is 5.99.